The summed E-state index contributed by atoms with van der Waals surface area (Å²) in [6.45, 7) is -1.30. The van der Waals surface area contributed by atoms with Crippen LogP contribution in [0.4, 0.5) is 13.6 Å². The zero-order valence-electron chi connectivity index (χ0n) is 17.7. The Hall–Kier alpha value is -3.49. The molecule has 0 radical (unpaired) electrons. The molecule has 7 nitrogen and oxygen atoms in total. The maximum absolute atomic E-state index is 13.3. The van der Waals surface area contributed by atoms with Crippen LogP contribution in [-0.4, -0.2) is 48.2 Å². The van der Waals surface area contributed by atoms with E-state index in [1.165, 1.54) is 0 Å². The highest BCUT2D eigenvalue weighted by molar-refractivity contribution is 5.86. The van der Waals surface area contributed by atoms with Gasteiger partial charge in [0, 0.05) is 5.92 Å². The number of amides is 2. The van der Waals surface area contributed by atoms with Gasteiger partial charge in [-0.05, 0) is 34.6 Å². The van der Waals surface area contributed by atoms with E-state index >= 15 is 0 Å². The molecule has 2 aliphatic carbocycles. The Morgan fingerprint density at radius 2 is 1.61 bits per heavy atom. The summed E-state index contributed by atoms with van der Waals surface area (Å²) in [6.07, 6.45) is 1.19. The summed E-state index contributed by atoms with van der Waals surface area (Å²) in [4.78, 5) is 35.4. The summed E-state index contributed by atoms with van der Waals surface area (Å²) < 4.78 is 32.1. The van der Waals surface area contributed by atoms with Crippen molar-refractivity contribution >= 4 is 18.0 Å². The molecule has 0 bridgehead atoms. The molecule has 2 aliphatic rings. The Kier molecular flexibility index (Phi) is 6.31. The van der Waals surface area contributed by atoms with Crippen LogP contribution in [-0.2, 0) is 14.3 Å². The summed E-state index contributed by atoms with van der Waals surface area (Å²) in [5, 5.41) is 12.9. The van der Waals surface area contributed by atoms with Crippen LogP contribution in [0.1, 0.15) is 36.3 Å². The van der Waals surface area contributed by atoms with E-state index in [0.717, 1.165) is 35.1 Å². The lowest BCUT2D eigenvalue weighted by atomic mass is 9.98. The second kappa shape index (κ2) is 9.17. The number of hydrogen-bond acceptors (Lipinski definition) is 4. The first-order valence-electron chi connectivity index (χ1n) is 10.8. The number of carboxylic acid groups (broad SMARTS) is 1. The van der Waals surface area contributed by atoms with Gasteiger partial charge in [0.25, 0.3) is 0 Å². The van der Waals surface area contributed by atoms with Gasteiger partial charge >= 0.3 is 18.0 Å². The minimum Gasteiger partial charge on any atom is -0.477 e. The third-order valence-corrected chi connectivity index (χ3v) is 6.02. The van der Waals surface area contributed by atoms with Crippen molar-refractivity contribution in [2.45, 2.75) is 37.1 Å². The molecule has 3 N–H and O–H groups in total. The van der Waals surface area contributed by atoms with Gasteiger partial charge in [-0.2, -0.15) is 8.78 Å². The molecule has 0 heterocycles. The fourth-order valence-electron chi connectivity index (χ4n) is 4.10. The van der Waals surface area contributed by atoms with Crippen LogP contribution in [0.3, 0.4) is 0 Å². The van der Waals surface area contributed by atoms with Crippen molar-refractivity contribution in [2.24, 2.45) is 5.92 Å². The number of fused-ring (bicyclic) bond motifs is 3. The fourth-order valence-corrected chi connectivity index (χ4v) is 4.10. The minimum absolute atomic E-state index is 0.0503. The topological polar surface area (TPSA) is 105 Å². The predicted molar refractivity (Wildman–Crippen MR) is 115 cm³/mol. The van der Waals surface area contributed by atoms with E-state index in [1.807, 2.05) is 53.8 Å². The van der Waals surface area contributed by atoms with Crippen LogP contribution in [0, 0.1) is 5.92 Å². The largest absolute Gasteiger partial charge is 0.477 e. The number of aliphatic carboxylic acids is 1. The van der Waals surface area contributed by atoms with E-state index in [9.17, 15) is 23.2 Å². The number of alkyl halides is 2. The zero-order valence-corrected chi connectivity index (χ0v) is 17.7. The lowest BCUT2D eigenvalue weighted by Gasteiger charge is -2.20. The molecule has 2 aromatic rings. The van der Waals surface area contributed by atoms with E-state index in [4.69, 9.17) is 9.84 Å². The number of rotatable bonds is 9. The normalized spacial score (nSPS) is 15.8. The standard InChI is InChI=1S/C24H24F2N2O5/c25-24(26,22(30)31)13-27-21(29)20(11-14-9-10-14)28-23(32)33-12-19-17-7-3-1-5-15(17)16-6-2-4-8-18(16)19/h1-8,14,19-20H,9-13H2,(H,27,29)(H,28,32)(H,30,31). The molecular formula is C24H24F2N2O5. The number of benzene rings is 2. The van der Waals surface area contributed by atoms with Crippen molar-refractivity contribution in [2.75, 3.05) is 13.2 Å². The van der Waals surface area contributed by atoms with E-state index in [-0.39, 0.29) is 24.9 Å². The van der Waals surface area contributed by atoms with Gasteiger partial charge in [0.2, 0.25) is 5.91 Å². The Morgan fingerprint density at radius 3 is 2.15 bits per heavy atom. The van der Waals surface area contributed by atoms with E-state index < -0.39 is 36.5 Å². The molecule has 2 aromatic carbocycles. The van der Waals surface area contributed by atoms with Crippen molar-refractivity contribution in [3.63, 3.8) is 0 Å². The lowest BCUT2D eigenvalue weighted by molar-refractivity contribution is -0.164. The van der Waals surface area contributed by atoms with Crippen LogP contribution < -0.4 is 10.6 Å². The van der Waals surface area contributed by atoms with E-state index in [1.54, 1.807) is 0 Å². The number of carboxylic acids is 1. The summed E-state index contributed by atoms with van der Waals surface area (Å²) in [7, 11) is 0. The van der Waals surface area contributed by atoms with E-state index in [0.29, 0.717) is 0 Å². The number of halogens is 2. The van der Waals surface area contributed by atoms with Crippen molar-refractivity contribution in [1.82, 2.24) is 10.6 Å². The molecule has 174 valence electrons. The molecule has 33 heavy (non-hydrogen) atoms. The number of hydrogen-bond donors (Lipinski definition) is 3. The second-order valence-electron chi connectivity index (χ2n) is 8.43. The Labute approximate surface area is 189 Å². The summed E-state index contributed by atoms with van der Waals surface area (Å²) in [5.41, 5.74) is 4.23. The van der Waals surface area contributed by atoms with Crippen LogP contribution in [0.25, 0.3) is 11.1 Å². The first-order valence-corrected chi connectivity index (χ1v) is 10.8. The minimum atomic E-state index is -4.09. The summed E-state index contributed by atoms with van der Waals surface area (Å²) >= 11 is 0. The third-order valence-electron chi connectivity index (χ3n) is 6.02. The van der Waals surface area contributed by atoms with Crippen molar-refractivity contribution in [1.29, 1.82) is 0 Å². The smallest absolute Gasteiger partial charge is 0.407 e. The molecule has 2 amide bonds. The molecule has 0 aromatic heterocycles. The zero-order chi connectivity index (χ0) is 23.6. The van der Waals surface area contributed by atoms with Crippen LogP contribution in [0.5, 0.6) is 0 Å². The van der Waals surface area contributed by atoms with Gasteiger partial charge in [0.1, 0.15) is 12.6 Å². The van der Waals surface area contributed by atoms with Crippen molar-refractivity contribution in [3.05, 3.63) is 59.7 Å². The van der Waals surface area contributed by atoms with Crippen molar-refractivity contribution in [3.8, 4) is 11.1 Å². The predicted octanol–water partition coefficient (Wildman–Crippen LogP) is 3.53. The molecule has 0 saturated heterocycles. The molecule has 4 rings (SSSR count). The van der Waals surface area contributed by atoms with Crippen LogP contribution in [0.15, 0.2) is 48.5 Å². The molecule has 1 saturated carbocycles. The quantitative estimate of drug-likeness (QED) is 0.533. The maximum atomic E-state index is 13.3. The number of alkyl carbamates (subject to hydrolysis) is 1. The first kappa shape index (κ1) is 22.7. The van der Waals surface area contributed by atoms with Gasteiger partial charge in [-0.1, -0.05) is 61.4 Å². The summed E-state index contributed by atoms with van der Waals surface area (Å²) in [6, 6.07) is 14.6. The molecule has 9 heteroatoms. The Bertz CT molecular complexity index is 1020. The van der Waals surface area contributed by atoms with Gasteiger partial charge < -0.3 is 20.5 Å². The molecule has 0 aliphatic heterocycles. The average Bonchev–Trinajstić information content (AvgIpc) is 3.56. The van der Waals surface area contributed by atoms with Gasteiger partial charge in [0.15, 0.2) is 0 Å². The lowest BCUT2D eigenvalue weighted by Crippen LogP contribution is -2.51. The summed E-state index contributed by atoms with van der Waals surface area (Å²) in [5.74, 6) is -7.24. The monoisotopic (exact) mass is 458 g/mol. The van der Waals surface area contributed by atoms with E-state index in [2.05, 4.69) is 5.32 Å². The average molecular weight is 458 g/mol. The van der Waals surface area contributed by atoms with Crippen LogP contribution in [0.2, 0.25) is 0 Å². The molecule has 0 spiro atoms. The van der Waals surface area contributed by atoms with Gasteiger partial charge in [-0.15, -0.1) is 0 Å². The molecular weight excluding hydrogens is 434 g/mol. The number of ether oxygens (including phenoxy) is 1. The van der Waals surface area contributed by atoms with Gasteiger partial charge in [-0.25, -0.2) is 9.59 Å². The highest BCUT2D eigenvalue weighted by Crippen LogP contribution is 2.44. The Morgan fingerprint density at radius 1 is 1.03 bits per heavy atom. The van der Waals surface area contributed by atoms with Crippen molar-refractivity contribution < 1.29 is 33.0 Å². The van der Waals surface area contributed by atoms with Gasteiger partial charge in [-0.3, -0.25) is 4.79 Å². The first-order chi connectivity index (χ1) is 15.8. The molecule has 1 unspecified atom stereocenters. The third kappa shape index (κ3) is 5.13. The van der Waals surface area contributed by atoms with Crippen LogP contribution >= 0.6 is 0 Å². The number of carbonyl (C=O) groups excluding carboxylic acids is 2. The van der Waals surface area contributed by atoms with Gasteiger partial charge in [0.05, 0.1) is 6.54 Å². The SMILES string of the molecule is O=C(NC(CC1CC1)C(=O)NCC(F)(F)C(=O)O)OCC1c2ccccc2-c2ccccc21. The molecule has 1 atom stereocenters. The fraction of sp³-hybridized carbons (Fsp3) is 0.375. The molecule has 1 fully saturated rings. The highest BCUT2D eigenvalue weighted by Gasteiger charge is 2.40. The number of nitrogens with one attached hydrogen (secondary N) is 2. The maximum Gasteiger partial charge on any atom is 0.407 e. The Balaban J connectivity index is 1.38. The highest BCUT2D eigenvalue weighted by atomic mass is 19.3. The number of carbonyl (C=O) groups is 3. The second-order valence-corrected chi connectivity index (χ2v) is 8.43.